The van der Waals surface area contributed by atoms with Gasteiger partial charge in [0.05, 0.1) is 13.7 Å². The van der Waals surface area contributed by atoms with Crippen LogP contribution in [0.5, 0.6) is 5.75 Å². The summed E-state index contributed by atoms with van der Waals surface area (Å²) in [4.78, 5) is 10.3. The summed E-state index contributed by atoms with van der Waals surface area (Å²) in [5.74, 6) is 1.72. The van der Waals surface area contributed by atoms with Gasteiger partial charge >= 0.3 is 0 Å². The monoisotopic (exact) mass is 346 g/mol. The number of aryl methyl sites for hydroxylation is 1. The van der Waals surface area contributed by atoms with Crippen LogP contribution < -0.4 is 15.4 Å². The molecule has 0 radical (unpaired) electrons. The Kier molecular flexibility index (Phi) is 7.55. The highest BCUT2D eigenvalue weighted by Crippen LogP contribution is 2.14. The van der Waals surface area contributed by atoms with E-state index in [1.165, 1.54) is 10.4 Å². The van der Waals surface area contributed by atoms with Gasteiger partial charge in [0.15, 0.2) is 5.96 Å². The van der Waals surface area contributed by atoms with Gasteiger partial charge in [-0.25, -0.2) is 9.98 Å². The van der Waals surface area contributed by atoms with Crippen molar-refractivity contribution in [2.45, 2.75) is 33.2 Å². The van der Waals surface area contributed by atoms with E-state index in [0.717, 1.165) is 42.6 Å². The number of nitrogens with one attached hydrogen (secondary N) is 2. The molecule has 0 aliphatic heterocycles. The highest BCUT2D eigenvalue weighted by atomic mass is 32.1. The van der Waals surface area contributed by atoms with E-state index in [9.17, 15) is 0 Å². The van der Waals surface area contributed by atoms with Crippen molar-refractivity contribution in [2.24, 2.45) is 4.99 Å². The van der Waals surface area contributed by atoms with E-state index >= 15 is 0 Å². The van der Waals surface area contributed by atoms with Crippen LogP contribution >= 0.6 is 11.3 Å². The molecule has 24 heavy (non-hydrogen) atoms. The fourth-order valence-corrected chi connectivity index (χ4v) is 2.98. The van der Waals surface area contributed by atoms with Crippen LogP contribution in [0, 0.1) is 0 Å². The van der Waals surface area contributed by atoms with E-state index in [1.54, 1.807) is 18.4 Å². The SMILES string of the molecule is CCNC(=NCc1ncc(CC)s1)NCCc1ccc(OC)cc1. The lowest BCUT2D eigenvalue weighted by molar-refractivity contribution is 0.414. The summed E-state index contributed by atoms with van der Waals surface area (Å²) >= 11 is 1.73. The molecular formula is C18H26N4OS. The Bertz CT molecular complexity index is 637. The molecule has 0 amide bonds. The van der Waals surface area contributed by atoms with Crippen molar-refractivity contribution in [3.63, 3.8) is 0 Å². The summed E-state index contributed by atoms with van der Waals surface area (Å²) in [6, 6.07) is 8.16. The van der Waals surface area contributed by atoms with Crippen LogP contribution in [0.2, 0.25) is 0 Å². The Balaban J connectivity index is 1.84. The lowest BCUT2D eigenvalue weighted by Crippen LogP contribution is -2.38. The van der Waals surface area contributed by atoms with Gasteiger partial charge in [-0.15, -0.1) is 11.3 Å². The van der Waals surface area contributed by atoms with Gasteiger partial charge in [0, 0.05) is 24.2 Å². The third-order valence-corrected chi connectivity index (χ3v) is 4.66. The number of hydrogen-bond acceptors (Lipinski definition) is 4. The van der Waals surface area contributed by atoms with Crippen molar-refractivity contribution in [3.05, 3.63) is 45.9 Å². The first-order chi connectivity index (χ1) is 11.7. The molecule has 1 aromatic heterocycles. The van der Waals surface area contributed by atoms with Gasteiger partial charge in [-0.05, 0) is 37.5 Å². The van der Waals surface area contributed by atoms with Crippen molar-refractivity contribution in [3.8, 4) is 5.75 Å². The van der Waals surface area contributed by atoms with Crippen LogP contribution in [0.25, 0.3) is 0 Å². The summed E-state index contributed by atoms with van der Waals surface area (Å²) in [6.07, 6.45) is 3.91. The van der Waals surface area contributed by atoms with Crippen molar-refractivity contribution in [2.75, 3.05) is 20.2 Å². The van der Waals surface area contributed by atoms with Crippen molar-refractivity contribution in [1.82, 2.24) is 15.6 Å². The number of nitrogens with zero attached hydrogens (tertiary/aromatic N) is 2. The van der Waals surface area contributed by atoms with E-state index in [4.69, 9.17) is 4.74 Å². The lowest BCUT2D eigenvalue weighted by Gasteiger charge is -2.11. The maximum absolute atomic E-state index is 5.18. The number of aromatic nitrogens is 1. The summed E-state index contributed by atoms with van der Waals surface area (Å²) in [7, 11) is 1.68. The maximum Gasteiger partial charge on any atom is 0.191 e. The molecule has 0 saturated carbocycles. The molecule has 130 valence electrons. The number of methoxy groups -OCH3 is 1. The average molecular weight is 347 g/mol. The minimum absolute atomic E-state index is 0.614. The average Bonchev–Trinajstić information content (AvgIpc) is 3.08. The normalized spacial score (nSPS) is 11.4. The molecule has 0 atom stereocenters. The first-order valence-electron chi connectivity index (χ1n) is 8.33. The van der Waals surface area contributed by atoms with E-state index in [-0.39, 0.29) is 0 Å². The second kappa shape index (κ2) is 9.93. The molecule has 1 heterocycles. The van der Waals surface area contributed by atoms with Gasteiger partial charge < -0.3 is 15.4 Å². The molecule has 6 heteroatoms. The number of thiazole rings is 1. The minimum atomic E-state index is 0.614. The Morgan fingerprint density at radius 1 is 1.21 bits per heavy atom. The van der Waals surface area contributed by atoms with Crippen LogP contribution in [0.3, 0.4) is 0 Å². The molecule has 2 rings (SSSR count). The first-order valence-corrected chi connectivity index (χ1v) is 9.15. The van der Waals surface area contributed by atoms with Gasteiger partial charge in [-0.3, -0.25) is 0 Å². The number of hydrogen-bond donors (Lipinski definition) is 2. The Labute approximate surface area is 148 Å². The molecule has 0 spiro atoms. The fourth-order valence-electron chi connectivity index (χ4n) is 2.19. The molecule has 2 aromatic rings. The van der Waals surface area contributed by atoms with Crippen LogP contribution in [-0.4, -0.2) is 31.1 Å². The van der Waals surface area contributed by atoms with Gasteiger partial charge in [0.25, 0.3) is 0 Å². The van der Waals surface area contributed by atoms with E-state index in [2.05, 4.69) is 46.6 Å². The highest BCUT2D eigenvalue weighted by Gasteiger charge is 2.02. The van der Waals surface area contributed by atoms with E-state index in [1.807, 2.05) is 18.3 Å². The first kappa shape index (κ1) is 18.3. The van der Waals surface area contributed by atoms with Gasteiger partial charge in [0.1, 0.15) is 10.8 Å². The molecule has 0 saturated heterocycles. The maximum atomic E-state index is 5.18. The Hall–Kier alpha value is -2.08. The van der Waals surface area contributed by atoms with Crippen molar-refractivity contribution >= 4 is 17.3 Å². The molecular weight excluding hydrogens is 320 g/mol. The fraction of sp³-hybridized carbons (Fsp3) is 0.444. The Morgan fingerprint density at radius 3 is 2.62 bits per heavy atom. The molecule has 0 bridgehead atoms. The lowest BCUT2D eigenvalue weighted by atomic mass is 10.1. The number of rotatable bonds is 8. The predicted molar refractivity (Wildman–Crippen MR) is 101 cm³/mol. The van der Waals surface area contributed by atoms with Crippen LogP contribution in [-0.2, 0) is 19.4 Å². The third kappa shape index (κ3) is 5.85. The zero-order valence-electron chi connectivity index (χ0n) is 14.6. The standard InChI is InChI=1S/C18H26N4OS/c1-4-16-12-21-17(24-16)13-22-18(19-5-2)20-11-10-14-6-8-15(23-3)9-7-14/h6-9,12H,4-5,10-11,13H2,1-3H3,(H2,19,20,22). The van der Waals surface area contributed by atoms with E-state index in [0.29, 0.717) is 6.54 Å². The number of ether oxygens (including phenoxy) is 1. The van der Waals surface area contributed by atoms with Gasteiger partial charge in [0.2, 0.25) is 0 Å². The quantitative estimate of drug-likeness (QED) is 0.570. The highest BCUT2D eigenvalue weighted by molar-refractivity contribution is 7.11. The van der Waals surface area contributed by atoms with Crippen LogP contribution in [0.4, 0.5) is 0 Å². The molecule has 0 unspecified atom stereocenters. The Morgan fingerprint density at radius 2 is 2.00 bits per heavy atom. The van der Waals surface area contributed by atoms with E-state index < -0.39 is 0 Å². The minimum Gasteiger partial charge on any atom is -0.497 e. The summed E-state index contributed by atoms with van der Waals surface area (Å²) in [5.41, 5.74) is 1.27. The molecule has 0 aliphatic rings. The second-order valence-electron chi connectivity index (χ2n) is 5.29. The van der Waals surface area contributed by atoms with Gasteiger partial charge in [-0.1, -0.05) is 19.1 Å². The van der Waals surface area contributed by atoms with Crippen LogP contribution in [0.15, 0.2) is 35.5 Å². The molecule has 0 aliphatic carbocycles. The molecule has 5 nitrogen and oxygen atoms in total. The summed E-state index contributed by atoms with van der Waals surface area (Å²) in [5, 5.41) is 7.70. The van der Waals surface area contributed by atoms with Gasteiger partial charge in [-0.2, -0.15) is 0 Å². The second-order valence-corrected chi connectivity index (χ2v) is 6.49. The number of guanidine groups is 1. The van der Waals surface area contributed by atoms with Crippen LogP contribution in [0.1, 0.15) is 29.3 Å². The van der Waals surface area contributed by atoms with Crippen molar-refractivity contribution < 1.29 is 4.74 Å². The smallest absolute Gasteiger partial charge is 0.191 e. The largest absolute Gasteiger partial charge is 0.497 e. The molecule has 2 N–H and O–H groups in total. The molecule has 0 fully saturated rings. The summed E-state index contributed by atoms with van der Waals surface area (Å²) in [6.45, 7) is 6.50. The number of benzene rings is 1. The van der Waals surface area contributed by atoms with Crippen molar-refractivity contribution in [1.29, 1.82) is 0 Å². The third-order valence-electron chi connectivity index (χ3n) is 3.53. The zero-order chi connectivity index (χ0) is 17.2. The number of aliphatic imine (C=N–C) groups is 1. The molecule has 1 aromatic carbocycles. The zero-order valence-corrected chi connectivity index (χ0v) is 15.4. The topological polar surface area (TPSA) is 58.5 Å². The summed E-state index contributed by atoms with van der Waals surface area (Å²) < 4.78 is 5.18. The predicted octanol–water partition coefficient (Wildman–Crippen LogP) is 3.01.